The summed E-state index contributed by atoms with van der Waals surface area (Å²) in [5.41, 5.74) is 8.66. The monoisotopic (exact) mass is 419 g/mol. The van der Waals surface area contributed by atoms with Crippen LogP contribution < -0.4 is 5.90 Å². The summed E-state index contributed by atoms with van der Waals surface area (Å²) in [6.07, 6.45) is 8.15. The quantitative estimate of drug-likeness (QED) is 0.558. The Kier molecular flexibility index (Phi) is 6.89. The molecule has 1 aromatic carbocycles. The molecule has 0 atom stereocenters. The van der Waals surface area contributed by atoms with Gasteiger partial charge in [-0.3, -0.25) is 9.88 Å². The third-order valence-electron chi connectivity index (χ3n) is 5.94. The molecule has 1 aliphatic heterocycles. The molecule has 0 spiro atoms. The van der Waals surface area contributed by atoms with E-state index in [-0.39, 0.29) is 0 Å². The third kappa shape index (κ3) is 4.60. The van der Waals surface area contributed by atoms with Crippen molar-refractivity contribution in [1.82, 2.24) is 19.9 Å². The number of imidazole rings is 1. The van der Waals surface area contributed by atoms with Crippen molar-refractivity contribution in [1.29, 1.82) is 0 Å². The zero-order valence-electron chi connectivity index (χ0n) is 17.8. The predicted octanol–water partition coefficient (Wildman–Crippen LogP) is 3.65. The number of H-pyrrole nitrogens is 1. The Labute approximate surface area is 182 Å². The number of ether oxygens (including phenoxy) is 1. The van der Waals surface area contributed by atoms with Gasteiger partial charge < -0.3 is 14.9 Å². The van der Waals surface area contributed by atoms with Crippen LogP contribution in [0, 0.1) is 0 Å². The van der Waals surface area contributed by atoms with Gasteiger partial charge in [0.05, 0.1) is 31.1 Å². The number of allylic oxidation sites excluding steroid dienone is 2. The number of benzene rings is 1. The van der Waals surface area contributed by atoms with Gasteiger partial charge in [0, 0.05) is 36.6 Å². The number of aromatic amines is 1. The van der Waals surface area contributed by atoms with Gasteiger partial charge in [-0.25, -0.2) is 10.9 Å². The highest BCUT2D eigenvalue weighted by atomic mass is 16.5. The first-order valence-electron chi connectivity index (χ1n) is 10.7. The summed E-state index contributed by atoms with van der Waals surface area (Å²) in [7, 11) is 0. The molecule has 3 aromatic rings. The van der Waals surface area contributed by atoms with Crippen molar-refractivity contribution in [3.8, 4) is 22.5 Å². The normalized spacial score (nSPS) is 17.3. The average Bonchev–Trinajstić information content (AvgIpc) is 3.45. The summed E-state index contributed by atoms with van der Waals surface area (Å²) in [5.74, 6) is 4.50. The van der Waals surface area contributed by atoms with Crippen LogP contribution in [0.3, 0.4) is 0 Å². The number of nitrogens with zero attached hydrogens (tertiary/aromatic N) is 3. The maximum absolute atomic E-state index is 6.50. The number of aryl methyl sites for hydroxylation is 1. The van der Waals surface area contributed by atoms with Crippen molar-refractivity contribution < 1.29 is 9.94 Å². The smallest absolute Gasteiger partial charge is 0.121 e. The number of aromatic nitrogens is 3. The van der Waals surface area contributed by atoms with E-state index < -0.39 is 0 Å². The standard InChI is InChI=1S/C24H26N4O.H3NO/c1-2-17-3-4-19-15-20(5-6-21(17)19)24-23(18-7-9-25-10-8-18)26-22(27-24)16-28-11-13-29-14-12-28;1-2/h2,5-10,15H,3-4,11-14,16H2,1H3,(H,26,27);2H,1H2. The molecule has 162 valence electrons. The van der Waals surface area contributed by atoms with Crippen LogP contribution in [0.15, 0.2) is 48.8 Å². The minimum atomic E-state index is 0.795. The summed E-state index contributed by atoms with van der Waals surface area (Å²) in [6, 6.07) is 10.9. The summed E-state index contributed by atoms with van der Waals surface area (Å²) in [5, 5.41) is 6.50. The Bertz CT molecular complexity index is 1040. The number of morpholine rings is 1. The number of nitrogens with one attached hydrogen (secondary N) is 1. The number of rotatable bonds is 4. The highest BCUT2D eigenvalue weighted by molar-refractivity contribution is 5.81. The van der Waals surface area contributed by atoms with Crippen LogP contribution >= 0.6 is 0 Å². The maximum Gasteiger partial charge on any atom is 0.121 e. The molecule has 7 nitrogen and oxygen atoms in total. The number of hydrogen-bond acceptors (Lipinski definition) is 6. The van der Waals surface area contributed by atoms with Crippen LogP contribution in [0.4, 0.5) is 0 Å². The van der Waals surface area contributed by atoms with Crippen LogP contribution in [0.1, 0.15) is 30.3 Å². The molecular weight excluding hydrogens is 390 g/mol. The molecule has 0 bridgehead atoms. The molecule has 2 aromatic heterocycles. The van der Waals surface area contributed by atoms with Crippen molar-refractivity contribution in [2.24, 2.45) is 5.90 Å². The van der Waals surface area contributed by atoms with Gasteiger partial charge in [0.2, 0.25) is 0 Å². The van der Waals surface area contributed by atoms with Crippen LogP contribution in [-0.4, -0.2) is 51.4 Å². The van der Waals surface area contributed by atoms with E-state index in [4.69, 9.17) is 14.9 Å². The lowest BCUT2D eigenvalue weighted by Crippen LogP contribution is -2.35. The fourth-order valence-electron chi connectivity index (χ4n) is 4.37. The molecule has 1 saturated heterocycles. The lowest BCUT2D eigenvalue weighted by Gasteiger charge is -2.25. The van der Waals surface area contributed by atoms with Crippen LogP contribution in [0.5, 0.6) is 0 Å². The maximum atomic E-state index is 6.50. The van der Waals surface area contributed by atoms with Gasteiger partial charge in [0.25, 0.3) is 0 Å². The van der Waals surface area contributed by atoms with Gasteiger partial charge in [-0.1, -0.05) is 18.2 Å². The van der Waals surface area contributed by atoms with Crippen LogP contribution in [0.2, 0.25) is 0 Å². The zero-order valence-corrected chi connectivity index (χ0v) is 17.8. The van der Waals surface area contributed by atoms with Gasteiger partial charge in [-0.15, -0.1) is 0 Å². The van der Waals surface area contributed by atoms with Crippen molar-refractivity contribution in [3.05, 3.63) is 65.8 Å². The second-order valence-electron chi connectivity index (χ2n) is 7.72. The van der Waals surface area contributed by atoms with Crippen molar-refractivity contribution in [2.45, 2.75) is 26.3 Å². The zero-order chi connectivity index (χ0) is 21.6. The second-order valence-corrected chi connectivity index (χ2v) is 7.72. The lowest BCUT2D eigenvalue weighted by molar-refractivity contribution is 0.0332. The van der Waals surface area contributed by atoms with E-state index >= 15 is 0 Å². The average molecular weight is 420 g/mol. The van der Waals surface area contributed by atoms with Gasteiger partial charge in [-0.05, 0) is 54.7 Å². The Balaban J connectivity index is 0.00000112. The number of hydrogen-bond donors (Lipinski definition) is 3. The van der Waals surface area contributed by atoms with E-state index in [9.17, 15) is 0 Å². The van der Waals surface area contributed by atoms with Gasteiger partial charge >= 0.3 is 0 Å². The molecule has 0 unspecified atom stereocenters. The molecule has 2 aliphatic rings. The summed E-state index contributed by atoms with van der Waals surface area (Å²) >= 11 is 0. The Morgan fingerprint density at radius 3 is 2.61 bits per heavy atom. The summed E-state index contributed by atoms with van der Waals surface area (Å²) in [4.78, 5) is 15.2. The second kappa shape index (κ2) is 9.98. The third-order valence-corrected chi connectivity index (χ3v) is 5.94. The molecule has 1 fully saturated rings. The van der Waals surface area contributed by atoms with E-state index in [0.717, 1.165) is 68.5 Å². The first kappa shape index (κ1) is 21.4. The fraction of sp³-hybridized carbons (Fsp3) is 0.333. The van der Waals surface area contributed by atoms with Gasteiger partial charge in [0.15, 0.2) is 0 Å². The number of pyridine rings is 1. The SMILES string of the molecule is CC=C1CCc2cc(-c3nc(CN4CCOCC4)[nH]c3-c3ccncc3)ccc21.NO. The Morgan fingerprint density at radius 1 is 1.10 bits per heavy atom. The van der Waals surface area contributed by atoms with Gasteiger partial charge in [-0.2, -0.15) is 0 Å². The number of fused-ring (bicyclic) bond motifs is 1. The minimum absolute atomic E-state index is 0.795. The van der Waals surface area contributed by atoms with Crippen molar-refractivity contribution in [3.63, 3.8) is 0 Å². The van der Waals surface area contributed by atoms with E-state index in [1.807, 2.05) is 24.5 Å². The molecule has 0 amide bonds. The molecule has 0 radical (unpaired) electrons. The van der Waals surface area contributed by atoms with Crippen molar-refractivity contribution in [2.75, 3.05) is 26.3 Å². The van der Waals surface area contributed by atoms with Crippen LogP contribution in [0.25, 0.3) is 28.1 Å². The predicted molar refractivity (Wildman–Crippen MR) is 121 cm³/mol. The van der Waals surface area contributed by atoms with E-state index in [0.29, 0.717) is 0 Å². The molecule has 3 heterocycles. The van der Waals surface area contributed by atoms with E-state index in [2.05, 4.69) is 52.0 Å². The number of nitrogens with two attached hydrogens (primary N) is 1. The van der Waals surface area contributed by atoms with Gasteiger partial charge in [0.1, 0.15) is 5.82 Å². The van der Waals surface area contributed by atoms with E-state index in [1.165, 1.54) is 22.3 Å². The first-order chi connectivity index (χ1) is 15.3. The molecule has 4 N–H and O–H groups in total. The highest BCUT2D eigenvalue weighted by Crippen LogP contribution is 2.37. The van der Waals surface area contributed by atoms with Crippen LogP contribution in [-0.2, 0) is 17.7 Å². The summed E-state index contributed by atoms with van der Waals surface area (Å²) < 4.78 is 5.48. The molecular formula is C24H29N5O2. The molecule has 5 rings (SSSR count). The first-order valence-corrected chi connectivity index (χ1v) is 10.7. The van der Waals surface area contributed by atoms with E-state index in [1.54, 1.807) is 0 Å². The Hall–Kier alpha value is -2.84. The minimum Gasteiger partial charge on any atom is -0.379 e. The summed E-state index contributed by atoms with van der Waals surface area (Å²) in [6.45, 7) is 6.43. The molecule has 1 aliphatic carbocycles. The highest BCUT2D eigenvalue weighted by Gasteiger charge is 2.20. The largest absolute Gasteiger partial charge is 0.379 e. The Morgan fingerprint density at radius 2 is 1.87 bits per heavy atom. The topological polar surface area (TPSA) is 100 Å². The lowest BCUT2D eigenvalue weighted by atomic mass is 10.0. The van der Waals surface area contributed by atoms with Crippen molar-refractivity contribution >= 4 is 5.57 Å². The molecule has 0 saturated carbocycles. The fourth-order valence-corrected chi connectivity index (χ4v) is 4.37. The molecule has 7 heteroatoms. The molecule has 31 heavy (non-hydrogen) atoms.